The van der Waals surface area contributed by atoms with Gasteiger partial charge in [-0.15, -0.1) is 0 Å². The monoisotopic (exact) mass is 265 g/mol. The van der Waals surface area contributed by atoms with Crippen LogP contribution >= 0.6 is 0 Å². The first-order chi connectivity index (χ1) is 9.08. The van der Waals surface area contributed by atoms with E-state index in [-0.39, 0.29) is 18.0 Å². The molecule has 2 aromatic carbocycles. The maximum absolute atomic E-state index is 13.0. The molecule has 0 bridgehead atoms. The summed E-state index contributed by atoms with van der Waals surface area (Å²) in [5, 5.41) is 2.49. The van der Waals surface area contributed by atoms with Crippen LogP contribution in [0, 0.1) is 17.5 Å². The van der Waals surface area contributed by atoms with E-state index < -0.39 is 17.5 Å². The van der Waals surface area contributed by atoms with Gasteiger partial charge in [0.15, 0.2) is 17.5 Å². The third-order valence-electron chi connectivity index (χ3n) is 2.53. The lowest BCUT2D eigenvalue weighted by atomic mass is 10.2. The minimum Gasteiger partial charge on any atom is -0.348 e. The molecule has 0 unspecified atom stereocenters. The highest BCUT2D eigenvalue weighted by atomic mass is 19.2. The van der Waals surface area contributed by atoms with Crippen molar-refractivity contribution in [2.75, 3.05) is 0 Å². The van der Waals surface area contributed by atoms with Gasteiger partial charge in [0.05, 0.1) is 0 Å². The van der Waals surface area contributed by atoms with Crippen molar-refractivity contribution < 1.29 is 18.0 Å². The highest BCUT2D eigenvalue weighted by molar-refractivity contribution is 5.94. The first-order valence-corrected chi connectivity index (χ1v) is 5.54. The molecule has 0 fully saturated rings. The molecule has 0 saturated heterocycles. The standard InChI is InChI=1S/C14H10F3NO/c15-11-6-9(7-12(16)13(11)17)8-18-14(19)10-4-2-1-3-5-10/h1-7H,8H2,(H,18,19). The van der Waals surface area contributed by atoms with Gasteiger partial charge in [0.1, 0.15) is 0 Å². The molecular weight excluding hydrogens is 255 g/mol. The van der Waals surface area contributed by atoms with Crippen molar-refractivity contribution in [3.05, 3.63) is 71.0 Å². The number of benzene rings is 2. The van der Waals surface area contributed by atoms with E-state index >= 15 is 0 Å². The number of nitrogens with one attached hydrogen (secondary N) is 1. The number of amides is 1. The Morgan fingerprint density at radius 2 is 1.58 bits per heavy atom. The molecule has 0 aliphatic heterocycles. The van der Waals surface area contributed by atoms with E-state index in [4.69, 9.17) is 0 Å². The SMILES string of the molecule is O=C(NCc1cc(F)c(F)c(F)c1)c1ccccc1. The topological polar surface area (TPSA) is 29.1 Å². The molecule has 0 aliphatic carbocycles. The van der Waals surface area contributed by atoms with Gasteiger partial charge in [-0.05, 0) is 29.8 Å². The summed E-state index contributed by atoms with van der Waals surface area (Å²) in [5.74, 6) is -4.43. The average Bonchev–Trinajstić information content (AvgIpc) is 2.43. The van der Waals surface area contributed by atoms with Gasteiger partial charge in [0, 0.05) is 12.1 Å². The number of halogens is 3. The van der Waals surface area contributed by atoms with E-state index in [1.165, 1.54) is 0 Å². The zero-order chi connectivity index (χ0) is 13.8. The van der Waals surface area contributed by atoms with Crippen LogP contribution in [0.2, 0.25) is 0 Å². The van der Waals surface area contributed by atoms with Crippen molar-refractivity contribution >= 4 is 5.91 Å². The minimum absolute atomic E-state index is 0.0815. The van der Waals surface area contributed by atoms with Crippen LogP contribution in [0.3, 0.4) is 0 Å². The summed E-state index contributed by atoms with van der Waals surface area (Å²) in [4.78, 5) is 11.7. The van der Waals surface area contributed by atoms with Crippen LogP contribution in [0.15, 0.2) is 42.5 Å². The maximum Gasteiger partial charge on any atom is 0.251 e. The lowest BCUT2D eigenvalue weighted by Crippen LogP contribution is -2.22. The van der Waals surface area contributed by atoms with E-state index in [9.17, 15) is 18.0 Å². The van der Waals surface area contributed by atoms with Crippen molar-refractivity contribution in [3.8, 4) is 0 Å². The third kappa shape index (κ3) is 3.13. The van der Waals surface area contributed by atoms with Gasteiger partial charge in [-0.2, -0.15) is 0 Å². The molecule has 5 heteroatoms. The second-order valence-electron chi connectivity index (χ2n) is 3.92. The van der Waals surface area contributed by atoms with Crippen LogP contribution in [-0.2, 0) is 6.54 Å². The average molecular weight is 265 g/mol. The third-order valence-corrected chi connectivity index (χ3v) is 2.53. The zero-order valence-electron chi connectivity index (χ0n) is 9.79. The quantitative estimate of drug-likeness (QED) is 0.849. The Hall–Kier alpha value is -2.30. The maximum atomic E-state index is 13.0. The first-order valence-electron chi connectivity index (χ1n) is 5.54. The summed E-state index contributed by atoms with van der Waals surface area (Å²) in [6.07, 6.45) is 0. The van der Waals surface area contributed by atoms with E-state index in [0.717, 1.165) is 12.1 Å². The van der Waals surface area contributed by atoms with Crippen molar-refractivity contribution in [2.24, 2.45) is 0 Å². The molecule has 98 valence electrons. The van der Waals surface area contributed by atoms with E-state index in [2.05, 4.69) is 5.32 Å². The first kappa shape index (κ1) is 13.1. The summed E-state index contributed by atoms with van der Waals surface area (Å²) >= 11 is 0. The number of hydrogen-bond donors (Lipinski definition) is 1. The molecule has 2 aromatic rings. The number of rotatable bonds is 3. The van der Waals surface area contributed by atoms with Crippen LogP contribution in [0.1, 0.15) is 15.9 Å². The lowest BCUT2D eigenvalue weighted by Gasteiger charge is -2.06. The number of carbonyl (C=O) groups is 1. The van der Waals surface area contributed by atoms with Crippen LogP contribution in [-0.4, -0.2) is 5.91 Å². The molecule has 0 atom stereocenters. The molecule has 0 spiro atoms. The van der Waals surface area contributed by atoms with Crippen LogP contribution in [0.4, 0.5) is 13.2 Å². The lowest BCUT2D eigenvalue weighted by molar-refractivity contribution is 0.0951. The molecule has 2 rings (SSSR count). The normalized spacial score (nSPS) is 10.3. The van der Waals surface area contributed by atoms with Crippen LogP contribution < -0.4 is 5.32 Å². The van der Waals surface area contributed by atoms with Gasteiger partial charge in [-0.3, -0.25) is 4.79 Å². The molecule has 2 nitrogen and oxygen atoms in total. The van der Waals surface area contributed by atoms with Crippen molar-refractivity contribution in [1.29, 1.82) is 0 Å². The Morgan fingerprint density at radius 3 is 2.16 bits per heavy atom. The highest BCUT2D eigenvalue weighted by Crippen LogP contribution is 2.13. The second-order valence-corrected chi connectivity index (χ2v) is 3.92. The molecule has 1 amide bonds. The molecule has 0 heterocycles. The summed E-state index contributed by atoms with van der Waals surface area (Å²) in [5.41, 5.74) is 0.589. The fraction of sp³-hybridized carbons (Fsp3) is 0.0714. The van der Waals surface area contributed by atoms with Gasteiger partial charge in [0.25, 0.3) is 5.91 Å². The summed E-state index contributed by atoms with van der Waals surface area (Å²) in [6, 6.07) is 10.1. The summed E-state index contributed by atoms with van der Waals surface area (Å²) in [6.45, 7) is -0.0815. The Labute approximate surface area is 107 Å². The van der Waals surface area contributed by atoms with Gasteiger partial charge in [0.2, 0.25) is 0 Å². The predicted molar refractivity (Wildman–Crippen MR) is 63.9 cm³/mol. The van der Waals surface area contributed by atoms with Crippen molar-refractivity contribution in [1.82, 2.24) is 5.32 Å². The largest absolute Gasteiger partial charge is 0.348 e. The van der Waals surface area contributed by atoms with Crippen molar-refractivity contribution in [2.45, 2.75) is 6.54 Å². The molecule has 1 N–H and O–H groups in total. The van der Waals surface area contributed by atoms with E-state index in [1.54, 1.807) is 30.3 Å². The summed E-state index contributed by atoms with van der Waals surface area (Å²) < 4.78 is 38.7. The van der Waals surface area contributed by atoms with Gasteiger partial charge >= 0.3 is 0 Å². The van der Waals surface area contributed by atoms with Crippen LogP contribution in [0.25, 0.3) is 0 Å². The van der Waals surface area contributed by atoms with Gasteiger partial charge in [-0.1, -0.05) is 18.2 Å². The van der Waals surface area contributed by atoms with Crippen LogP contribution in [0.5, 0.6) is 0 Å². The molecular formula is C14H10F3NO. The van der Waals surface area contributed by atoms with E-state index in [0.29, 0.717) is 5.56 Å². The smallest absolute Gasteiger partial charge is 0.251 e. The summed E-state index contributed by atoms with van der Waals surface area (Å²) in [7, 11) is 0. The fourth-order valence-corrected chi connectivity index (χ4v) is 1.58. The molecule has 0 saturated carbocycles. The van der Waals surface area contributed by atoms with E-state index in [1.807, 2.05) is 0 Å². The second kappa shape index (κ2) is 5.56. The number of hydrogen-bond acceptors (Lipinski definition) is 1. The Bertz CT molecular complexity index is 576. The predicted octanol–water partition coefficient (Wildman–Crippen LogP) is 3.03. The fourth-order valence-electron chi connectivity index (χ4n) is 1.58. The van der Waals surface area contributed by atoms with Crippen molar-refractivity contribution in [3.63, 3.8) is 0 Å². The highest BCUT2D eigenvalue weighted by Gasteiger charge is 2.11. The molecule has 0 aliphatic rings. The number of carbonyl (C=O) groups excluding carboxylic acids is 1. The molecule has 19 heavy (non-hydrogen) atoms. The Balaban J connectivity index is 2.05. The van der Waals surface area contributed by atoms with Gasteiger partial charge < -0.3 is 5.32 Å². The Morgan fingerprint density at radius 1 is 1.00 bits per heavy atom. The zero-order valence-corrected chi connectivity index (χ0v) is 9.79. The minimum atomic E-state index is -1.52. The van der Waals surface area contributed by atoms with Gasteiger partial charge in [-0.25, -0.2) is 13.2 Å². The Kier molecular flexibility index (Phi) is 3.85. The molecule has 0 radical (unpaired) electrons. The molecule has 0 aromatic heterocycles.